The zero-order valence-electron chi connectivity index (χ0n) is 11.4. The lowest BCUT2D eigenvalue weighted by molar-refractivity contribution is 0.0607. The number of hydrogen-bond donors (Lipinski definition) is 2. The van der Waals surface area contributed by atoms with Crippen molar-refractivity contribution in [2.75, 3.05) is 17.7 Å². The van der Waals surface area contributed by atoms with E-state index in [2.05, 4.69) is 15.4 Å². The highest BCUT2D eigenvalue weighted by Crippen LogP contribution is 2.28. The summed E-state index contributed by atoms with van der Waals surface area (Å²) in [4.78, 5) is 24.0. The van der Waals surface area contributed by atoms with Crippen LogP contribution in [0.15, 0.2) is 29.6 Å². The number of hydrogen-bond acceptors (Lipinski definition) is 4. The van der Waals surface area contributed by atoms with Crippen LogP contribution in [0, 0.1) is 6.92 Å². The number of esters is 1. The van der Waals surface area contributed by atoms with Gasteiger partial charge in [0.2, 0.25) is 0 Å². The molecule has 0 radical (unpaired) electrons. The Balaban J connectivity index is 2.11. The molecular formula is C14H13ClN2O3S. The number of ether oxygens (including phenoxy) is 1. The van der Waals surface area contributed by atoms with Crippen LogP contribution in [0.1, 0.15) is 15.2 Å². The quantitative estimate of drug-likeness (QED) is 0.834. The van der Waals surface area contributed by atoms with Crippen LogP contribution >= 0.6 is 22.9 Å². The number of anilines is 2. The van der Waals surface area contributed by atoms with Crippen LogP contribution in [0.25, 0.3) is 0 Å². The summed E-state index contributed by atoms with van der Waals surface area (Å²) in [5.74, 6) is -0.477. The van der Waals surface area contributed by atoms with E-state index in [1.165, 1.54) is 18.4 Å². The Kier molecular flexibility index (Phi) is 4.82. The molecule has 0 atom stereocenters. The predicted molar refractivity (Wildman–Crippen MR) is 84.5 cm³/mol. The summed E-state index contributed by atoms with van der Waals surface area (Å²) in [5, 5.41) is 7.69. The van der Waals surface area contributed by atoms with Gasteiger partial charge < -0.3 is 15.4 Å². The maximum absolute atomic E-state index is 12.0. The Hall–Kier alpha value is -2.05. The highest BCUT2D eigenvalue weighted by Gasteiger charge is 2.18. The first-order chi connectivity index (χ1) is 10.0. The summed E-state index contributed by atoms with van der Waals surface area (Å²) in [7, 11) is 1.30. The van der Waals surface area contributed by atoms with Crippen LogP contribution in [0.5, 0.6) is 0 Å². The molecule has 2 amide bonds. The molecule has 0 unspecified atom stereocenters. The molecular weight excluding hydrogens is 312 g/mol. The van der Waals surface area contributed by atoms with Gasteiger partial charge in [0.1, 0.15) is 4.88 Å². The second kappa shape index (κ2) is 6.60. The zero-order valence-corrected chi connectivity index (χ0v) is 13.0. The molecule has 0 aliphatic heterocycles. The first-order valence-corrected chi connectivity index (χ1v) is 7.27. The molecule has 1 aromatic carbocycles. The molecule has 0 aliphatic carbocycles. The first kappa shape index (κ1) is 15.3. The van der Waals surface area contributed by atoms with Gasteiger partial charge in [0.15, 0.2) is 0 Å². The maximum atomic E-state index is 12.0. The Morgan fingerprint density at radius 3 is 2.48 bits per heavy atom. The second-order valence-electron chi connectivity index (χ2n) is 4.20. The van der Waals surface area contributed by atoms with Gasteiger partial charge in [0.25, 0.3) is 0 Å². The molecule has 0 saturated heterocycles. The van der Waals surface area contributed by atoms with Crippen molar-refractivity contribution in [3.05, 3.63) is 45.1 Å². The lowest BCUT2D eigenvalue weighted by atomic mass is 10.2. The van der Waals surface area contributed by atoms with E-state index in [9.17, 15) is 9.59 Å². The van der Waals surface area contributed by atoms with Gasteiger partial charge in [-0.25, -0.2) is 9.59 Å². The van der Waals surface area contributed by atoms with E-state index in [1.807, 2.05) is 0 Å². The van der Waals surface area contributed by atoms with Crippen molar-refractivity contribution in [1.82, 2.24) is 0 Å². The summed E-state index contributed by atoms with van der Waals surface area (Å²) in [6.07, 6.45) is 0. The molecule has 21 heavy (non-hydrogen) atoms. The third-order valence-electron chi connectivity index (χ3n) is 2.69. The monoisotopic (exact) mass is 324 g/mol. The van der Waals surface area contributed by atoms with Crippen LogP contribution in [0.4, 0.5) is 16.2 Å². The third-order valence-corrected chi connectivity index (χ3v) is 4.02. The van der Waals surface area contributed by atoms with E-state index in [4.69, 9.17) is 11.6 Å². The van der Waals surface area contributed by atoms with E-state index >= 15 is 0 Å². The van der Waals surface area contributed by atoms with Gasteiger partial charge >= 0.3 is 12.0 Å². The second-order valence-corrected chi connectivity index (χ2v) is 5.52. The largest absolute Gasteiger partial charge is 0.465 e. The standard InChI is InChI=1S/C14H13ClN2O3S/c1-8-7-21-12(13(18)20-2)11(8)17-14(19)16-10-5-3-9(15)4-6-10/h3-7H,1-2H3,(H2,16,17,19). The number of halogens is 1. The fourth-order valence-electron chi connectivity index (χ4n) is 1.65. The number of urea groups is 1. The smallest absolute Gasteiger partial charge is 0.350 e. The number of rotatable bonds is 3. The van der Waals surface area contributed by atoms with Crippen molar-refractivity contribution in [2.24, 2.45) is 0 Å². The highest BCUT2D eigenvalue weighted by molar-refractivity contribution is 7.12. The number of carbonyl (C=O) groups is 2. The van der Waals surface area contributed by atoms with Crippen LogP contribution in [-0.4, -0.2) is 19.1 Å². The van der Waals surface area contributed by atoms with Crippen molar-refractivity contribution < 1.29 is 14.3 Å². The van der Waals surface area contributed by atoms with Crippen molar-refractivity contribution in [1.29, 1.82) is 0 Å². The van der Waals surface area contributed by atoms with E-state index in [0.29, 0.717) is 21.3 Å². The molecule has 0 spiro atoms. The SMILES string of the molecule is COC(=O)c1scc(C)c1NC(=O)Nc1ccc(Cl)cc1. The predicted octanol–water partition coefficient (Wildman–Crippen LogP) is 4.14. The number of amides is 2. The number of methoxy groups -OCH3 is 1. The minimum atomic E-state index is -0.477. The molecule has 0 bridgehead atoms. The Morgan fingerprint density at radius 2 is 1.86 bits per heavy atom. The molecule has 7 heteroatoms. The highest BCUT2D eigenvalue weighted by atomic mass is 35.5. The van der Waals surface area contributed by atoms with E-state index in [1.54, 1.807) is 36.6 Å². The first-order valence-electron chi connectivity index (χ1n) is 6.01. The van der Waals surface area contributed by atoms with Gasteiger partial charge in [-0.3, -0.25) is 0 Å². The Labute approximate surface area is 130 Å². The molecule has 5 nitrogen and oxygen atoms in total. The van der Waals surface area contributed by atoms with Crippen LogP contribution < -0.4 is 10.6 Å². The minimum Gasteiger partial charge on any atom is -0.465 e. The van der Waals surface area contributed by atoms with Gasteiger partial charge in [0.05, 0.1) is 12.8 Å². The summed E-state index contributed by atoms with van der Waals surface area (Å²) >= 11 is 7.00. The number of benzene rings is 1. The zero-order chi connectivity index (χ0) is 15.4. The molecule has 1 heterocycles. The summed E-state index contributed by atoms with van der Waals surface area (Å²) in [6, 6.07) is 6.27. The Bertz CT molecular complexity index is 667. The molecule has 0 fully saturated rings. The van der Waals surface area contributed by atoms with Crippen molar-refractivity contribution in [2.45, 2.75) is 6.92 Å². The van der Waals surface area contributed by atoms with E-state index in [-0.39, 0.29) is 0 Å². The lowest BCUT2D eigenvalue weighted by Gasteiger charge is -2.09. The van der Waals surface area contributed by atoms with Crippen LogP contribution in [-0.2, 0) is 4.74 Å². The summed E-state index contributed by atoms with van der Waals surface area (Å²) in [6.45, 7) is 1.81. The van der Waals surface area contributed by atoms with Crippen molar-refractivity contribution >= 4 is 46.3 Å². The normalized spacial score (nSPS) is 10.0. The van der Waals surface area contributed by atoms with Crippen molar-refractivity contribution in [3.63, 3.8) is 0 Å². The fourth-order valence-corrected chi connectivity index (χ4v) is 2.70. The van der Waals surface area contributed by atoms with Gasteiger partial charge in [-0.15, -0.1) is 11.3 Å². The minimum absolute atomic E-state index is 0.362. The van der Waals surface area contributed by atoms with Gasteiger partial charge in [0, 0.05) is 10.7 Å². The van der Waals surface area contributed by atoms with E-state index < -0.39 is 12.0 Å². The van der Waals surface area contributed by atoms with Crippen molar-refractivity contribution in [3.8, 4) is 0 Å². The summed E-state index contributed by atoms with van der Waals surface area (Å²) in [5.41, 5.74) is 1.86. The van der Waals surface area contributed by atoms with Crippen LogP contribution in [0.2, 0.25) is 5.02 Å². The number of nitrogens with one attached hydrogen (secondary N) is 2. The lowest BCUT2D eigenvalue weighted by Crippen LogP contribution is -2.20. The summed E-state index contributed by atoms with van der Waals surface area (Å²) < 4.78 is 4.69. The van der Waals surface area contributed by atoms with Crippen LogP contribution in [0.3, 0.4) is 0 Å². The average molecular weight is 325 g/mol. The van der Waals surface area contributed by atoms with Gasteiger partial charge in [-0.1, -0.05) is 11.6 Å². The molecule has 2 rings (SSSR count). The molecule has 2 aromatic rings. The maximum Gasteiger partial charge on any atom is 0.350 e. The number of carbonyl (C=O) groups excluding carboxylic acids is 2. The molecule has 2 N–H and O–H groups in total. The molecule has 110 valence electrons. The van der Waals surface area contributed by atoms with Gasteiger partial charge in [-0.05, 0) is 42.1 Å². The average Bonchev–Trinajstić information content (AvgIpc) is 2.82. The third kappa shape index (κ3) is 3.74. The molecule has 0 aliphatic rings. The number of thiophene rings is 1. The Morgan fingerprint density at radius 1 is 1.19 bits per heavy atom. The topological polar surface area (TPSA) is 67.4 Å². The fraction of sp³-hybridized carbons (Fsp3) is 0.143. The number of aryl methyl sites for hydroxylation is 1. The molecule has 1 aromatic heterocycles. The molecule has 0 saturated carbocycles. The van der Waals surface area contributed by atoms with E-state index in [0.717, 1.165) is 5.56 Å². The van der Waals surface area contributed by atoms with Gasteiger partial charge in [-0.2, -0.15) is 0 Å².